The quantitative estimate of drug-likeness (QED) is 0.0168. The number of nitrogens with one attached hydrogen (secondary N) is 2. The minimum Gasteiger partial charge on any atom is -0.494 e. The summed E-state index contributed by atoms with van der Waals surface area (Å²) in [4.78, 5) is 61.6. The lowest BCUT2D eigenvalue weighted by Crippen LogP contribution is -2.48. The highest BCUT2D eigenvalue weighted by Crippen LogP contribution is 2.50. The zero-order chi connectivity index (χ0) is 42.0. The number of carbonyl (C=O) groups excluding carboxylic acids is 3. The lowest BCUT2D eigenvalue weighted by molar-refractivity contribution is -0.221. The van der Waals surface area contributed by atoms with Crippen molar-refractivity contribution in [2.75, 3.05) is 20.1 Å². The van der Waals surface area contributed by atoms with Crippen LogP contribution in [0, 0.1) is 5.92 Å². The average molecular weight is 844 g/mol. The first-order valence-corrected chi connectivity index (χ1v) is 21.9. The topological polar surface area (TPSA) is 212 Å². The van der Waals surface area contributed by atoms with Crippen molar-refractivity contribution in [1.29, 1.82) is 0 Å². The van der Waals surface area contributed by atoms with Crippen LogP contribution in [-0.4, -0.2) is 59.2 Å². The predicted molar refractivity (Wildman–Crippen MR) is 214 cm³/mol. The summed E-state index contributed by atoms with van der Waals surface area (Å²) in [6.45, 7) is 4.67. The molecule has 1 aromatic heterocycles. The summed E-state index contributed by atoms with van der Waals surface area (Å²) in [5, 5.41) is 6.31. The molecule has 0 bridgehead atoms. The van der Waals surface area contributed by atoms with Crippen LogP contribution in [-0.2, 0) is 50.3 Å². The summed E-state index contributed by atoms with van der Waals surface area (Å²) >= 11 is 0. The van der Waals surface area contributed by atoms with Gasteiger partial charge >= 0.3 is 15.4 Å². The van der Waals surface area contributed by atoms with Crippen molar-refractivity contribution in [1.82, 2.24) is 15.7 Å². The van der Waals surface area contributed by atoms with Crippen molar-refractivity contribution in [3.63, 3.8) is 0 Å². The van der Waals surface area contributed by atoms with Gasteiger partial charge in [-0.25, -0.2) is 14.5 Å². The van der Waals surface area contributed by atoms with Crippen LogP contribution in [0.3, 0.4) is 0 Å². The Balaban J connectivity index is 1.49. The van der Waals surface area contributed by atoms with E-state index in [1.54, 1.807) is 31.2 Å². The van der Waals surface area contributed by atoms with E-state index in [0.29, 0.717) is 37.2 Å². The monoisotopic (exact) mass is 843 g/mol. The van der Waals surface area contributed by atoms with Gasteiger partial charge < -0.3 is 38.6 Å². The number of ether oxygens (including phenoxy) is 1. The molecular formula is C40H51N3O13P2. The van der Waals surface area contributed by atoms with Crippen molar-refractivity contribution >= 4 is 38.9 Å². The van der Waals surface area contributed by atoms with Gasteiger partial charge in [-0.2, -0.15) is 0 Å². The highest BCUT2D eigenvalue weighted by atomic mass is 31.2. The number of rotatable bonds is 26. The molecule has 16 nitrogen and oxygen atoms in total. The molecule has 0 aliphatic rings. The number of furan rings is 1. The van der Waals surface area contributed by atoms with Gasteiger partial charge in [0.25, 0.3) is 5.91 Å². The normalized spacial score (nSPS) is 12.7. The van der Waals surface area contributed by atoms with E-state index in [0.717, 1.165) is 29.0 Å². The van der Waals surface area contributed by atoms with E-state index >= 15 is 0 Å². The van der Waals surface area contributed by atoms with Gasteiger partial charge in [0.2, 0.25) is 12.3 Å². The zero-order valence-corrected chi connectivity index (χ0v) is 34.5. The van der Waals surface area contributed by atoms with Crippen molar-refractivity contribution in [2.45, 2.75) is 72.1 Å². The zero-order valence-electron chi connectivity index (χ0n) is 32.7. The molecule has 58 heavy (non-hydrogen) atoms. The summed E-state index contributed by atoms with van der Waals surface area (Å²) in [5.41, 5.74) is 2.03. The average Bonchev–Trinajstić information content (AvgIpc) is 3.72. The maximum Gasteiger partial charge on any atom is 0.471 e. The van der Waals surface area contributed by atoms with Crippen LogP contribution in [0.5, 0.6) is 5.75 Å². The number of amides is 3. The Kier molecular flexibility index (Phi) is 18.3. The number of hydrogen-bond donors (Lipinski definition) is 4. The van der Waals surface area contributed by atoms with E-state index in [2.05, 4.69) is 15.2 Å². The van der Waals surface area contributed by atoms with Gasteiger partial charge in [-0.05, 0) is 61.2 Å². The van der Waals surface area contributed by atoms with Crippen LogP contribution in [0.4, 0.5) is 0 Å². The summed E-state index contributed by atoms with van der Waals surface area (Å²) in [6.07, 6.45) is 3.28. The fraction of sp³-hybridized carbons (Fsp3) is 0.375. The number of unbranched alkanes of at least 4 members (excludes halogenated alkanes) is 2. The summed E-state index contributed by atoms with van der Waals surface area (Å²) in [5.74, 6) is -1.36. The van der Waals surface area contributed by atoms with Crippen LogP contribution >= 0.6 is 15.4 Å². The highest BCUT2D eigenvalue weighted by Gasteiger charge is 2.33. The molecule has 4 aromatic rings. The minimum absolute atomic E-state index is 0.0127. The first kappa shape index (κ1) is 46.1. The Morgan fingerprint density at radius 1 is 0.845 bits per heavy atom. The van der Waals surface area contributed by atoms with Gasteiger partial charge in [0.15, 0.2) is 12.6 Å². The molecule has 0 radical (unpaired) electrons. The number of hydroxylamine groups is 2. The lowest BCUT2D eigenvalue weighted by atomic mass is 9.90. The van der Waals surface area contributed by atoms with Gasteiger partial charge in [0, 0.05) is 5.56 Å². The van der Waals surface area contributed by atoms with Crippen molar-refractivity contribution in [3.05, 3.63) is 108 Å². The molecule has 1 heterocycles. The van der Waals surface area contributed by atoms with Gasteiger partial charge in [-0.15, -0.1) is 0 Å². The molecular weight excluding hydrogens is 792 g/mol. The van der Waals surface area contributed by atoms with Crippen LogP contribution < -0.4 is 20.7 Å². The molecule has 3 amide bonds. The molecule has 0 unspecified atom stereocenters. The predicted octanol–water partition coefficient (Wildman–Crippen LogP) is 6.83. The molecule has 0 spiro atoms. The van der Waals surface area contributed by atoms with Crippen LogP contribution in [0.15, 0.2) is 95.4 Å². The largest absolute Gasteiger partial charge is 0.494 e. The van der Waals surface area contributed by atoms with Crippen molar-refractivity contribution in [3.8, 4) is 17.1 Å². The highest BCUT2D eigenvalue weighted by molar-refractivity contribution is 7.62. The number of phosphoric ester groups is 1. The van der Waals surface area contributed by atoms with E-state index in [4.69, 9.17) is 32.8 Å². The van der Waals surface area contributed by atoms with E-state index in [1.807, 2.05) is 74.5 Å². The smallest absolute Gasteiger partial charge is 0.471 e. The van der Waals surface area contributed by atoms with Crippen LogP contribution in [0.1, 0.15) is 74.6 Å². The molecule has 4 rings (SSSR count). The Hall–Kier alpha value is -4.63. The second kappa shape index (κ2) is 23.1. The second-order valence-electron chi connectivity index (χ2n) is 13.0. The Labute approximate surface area is 337 Å². The van der Waals surface area contributed by atoms with Gasteiger partial charge in [0.05, 0.1) is 43.8 Å². The summed E-state index contributed by atoms with van der Waals surface area (Å²) in [6, 6.07) is 25.7. The lowest BCUT2D eigenvalue weighted by Gasteiger charge is -2.32. The second-order valence-corrected chi connectivity index (χ2v) is 16.2. The van der Waals surface area contributed by atoms with Gasteiger partial charge in [-0.1, -0.05) is 93.8 Å². The first-order valence-electron chi connectivity index (χ1n) is 18.9. The fourth-order valence-corrected chi connectivity index (χ4v) is 7.72. The van der Waals surface area contributed by atoms with E-state index in [1.165, 1.54) is 6.07 Å². The van der Waals surface area contributed by atoms with E-state index in [9.17, 15) is 23.5 Å². The van der Waals surface area contributed by atoms with Crippen molar-refractivity contribution in [2.24, 2.45) is 5.92 Å². The molecule has 2 atom stereocenters. The van der Waals surface area contributed by atoms with Crippen LogP contribution in [0.25, 0.3) is 11.3 Å². The Morgan fingerprint density at radius 3 is 2.07 bits per heavy atom. The molecule has 0 saturated heterocycles. The molecule has 4 N–H and O–H groups in total. The van der Waals surface area contributed by atoms with Crippen LogP contribution in [0.2, 0.25) is 0 Å². The number of nitrogens with zero attached hydrogens (tertiary/aromatic N) is 1. The third-order valence-corrected chi connectivity index (χ3v) is 11.1. The minimum atomic E-state index is -4.86. The maximum atomic E-state index is 14.6. The number of hydrogen-bond acceptors (Lipinski definition) is 11. The maximum absolute atomic E-state index is 14.6. The fourth-order valence-electron chi connectivity index (χ4n) is 5.94. The number of carbonyl (C=O) groups is 3. The molecule has 0 fully saturated rings. The first-order chi connectivity index (χ1) is 27.9. The number of phosphoric acid groups is 1. The van der Waals surface area contributed by atoms with Gasteiger partial charge in [0.1, 0.15) is 11.5 Å². The molecule has 0 aliphatic carbocycles. The molecule has 0 aliphatic heterocycles. The standard InChI is InChI=1S/C40H51N3O13P2/c1-4-7-10-19-35(36(5-2)43(28-44)52-29-55-58(48,49)50)39(45)41-27-42-40(46)38-21-20-37(56-38)32-22-33(51-6-3)24-34(23-32)57(47,53-25-30-15-11-8-12-16-30)54-26-31-17-13-9-14-18-31/h8-9,11-18,20-24,28,35-36H,4-7,10,19,25-27,29H2,1-3H3,(H,41,45)(H,42,46)(H2,48,49,50)/t35-,36-/m1/s1. The molecule has 0 saturated carbocycles. The number of benzene rings is 3. The Morgan fingerprint density at radius 2 is 1.50 bits per heavy atom. The van der Waals surface area contributed by atoms with Crippen molar-refractivity contribution < 1.29 is 60.9 Å². The molecule has 3 aromatic carbocycles. The summed E-state index contributed by atoms with van der Waals surface area (Å²) in [7, 11) is -8.86. The van der Waals surface area contributed by atoms with E-state index < -0.39 is 46.0 Å². The Bertz CT molecular complexity index is 1940. The van der Waals surface area contributed by atoms with Gasteiger partial charge in [-0.3, -0.25) is 23.5 Å². The third kappa shape index (κ3) is 14.3. The summed E-state index contributed by atoms with van der Waals surface area (Å²) < 4.78 is 53.9. The van der Waals surface area contributed by atoms with E-state index in [-0.39, 0.29) is 43.1 Å². The third-order valence-electron chi connectivity index (χ3n) is 8.82. The molecule has 18 heteroatoms. The molecule has 314 valence electrons. The SMILES string of the molecule is CCCCC[C@@H](C(=O)NCNC(=O)c1ccc(-c2cc(OCC)cc(P(=O)(OCc3ccccc3)OCc3ccccc3)c2)o1)[C@@H](CC)N(C=O)OCOP(=O)(O)O.